The summed E-state index contributed by atoms with van der Waals surface area (Å²) in [5.41, 5.74) is 0. The number of hydrogen-bond donors (Lipinski definition) is 1. The van der Waals surface area contributed by atoms with Crippen LogP contribution in [0.4, 0.5) is 0 Å². The molecule has 1 fully saturated rings. The molecule has 1 aromatic heterocycles. The van der Waals surface area contributed by atoms with Crippen LogP contribution in [-0.4, -0.2) is 42.8 Å². The van der Waals surface area contributed by atoms with Crippen molar-refractivity contribution in [3.05, 3.63) is 17.5 Å². The maximum atomic E-state index is 12.5. The zero-order chi connectivity index (χ0) is 14.8. The first-order valence-electron chi connectivity index (χ1n) is 6.33. The van der Waals surface area contributed by atoms with Crippen LogP contribution in [0.5, 0.6) is 0 Å². The molecule has 1 aliphatic heterocycles. The fourth-order valence-corrected chi connectivity index (χ4v) is 6.09. The first-order chi connectivity index (χ1) is 9.43. The lowest BCUT2D eigenvalue weighted by molar-refractivity contribution is -0.123. The SMILES string of the molecule is CC(C)CNC(=O)[C@H]1CSCN1S(=O)(=O)c1cccs1. The maximum Gasteiger partial charge on any atom is 0.254 e. The van der Waals surface area contributed by atoms with Crippen molar-refractivity contribution in [2.75, 3.05) is 18.2 Å². The molecule has 1 N–H and O–H groups in total. The van der Waals surface area contributed by atoms with Crippen LogP contribution in [0.15, 0.2) is 21.7 Å². The van der Waals surface area contributed by atoms with Gasteiger partial charge in [0.05, 0.1) is 5.88 Å². The van der Waals surface area contributed by atoms with Gasteiger partial charge in [0.15, 0.2) is 0 Å². The van der Waals surface area contributed by atoms with Crippen LogP contribution in [0.2, 0.25) is 0 Å². The second kappa shape index (κ2) is 6.46. The van der Waals surface area contributed by atoms with E-state index in [9.17, 15) is 13.2 Å². The molecule has 2 heterocycles. The summed E-state index contributed by atoms with van der Waals surface area (Å²) in [6.07, 6.45) is 0. The molecule has 0 radical (unpaired) electrons. The Kier molecular flexibility index (Phi) is 5.11. The van der Waals surface area contributed by atoms with Crippen LogP contribution in [-0.2, 0) is 14.8 Å². The second-order valence-electron chi connectivity index (χ2n) is 4.98. The van der Waals surface area contributed by atoms with E-state index in [0.29, 0.717) is 28.3 Å². The van der Waals surface area contributed by atoms with E-state index in [2.05, 4.69) is 5.32 Å². The Morgan fingerprint density at radius 1 is 1.55 bits per heavy atom. The number of nitrogens with one attached hydrogen (secondary N) is 1. The summed E-state index contributed by atoms with van der Waals surface area (Å²) < 4.78 is 26.6. The number of carbonyl (C=O) groups excluding carboxylic acids is 1. The van der Waals surface area contributed by atoms with Crippen LogP contribution in [0, 0.1) is 5.92 Å². The van der Waals surface area contributed by atoms with Crippen molar-refractivity contribution in [3.63, 3.8) is 0 Å². The van der Waals surface area contributed by atoms with E-state index >= 15 is 0 Å². The van der Waals surface area contributed by atoms with Gasteiger partial charge < -0.3 is 5.32 Å². The Balaban J connectivity index is 2.13. The van der Waals surface area contributed by atoms with E-state index in [0.717, 1.165) is 0 Å². The highest BCUT2D eigenvalue weighted by Gasteiger charge is 2.40. The van der Waals surface area contributed by atoms with Crippen molar-refractivity contribution in [3.8, 4) is 0 Å². The van der Waals surface area contributed by atoms with Gasteiger partial charge in [-0.3, -0.25) is 4.79 Å². The molecule has 8 heteroatoms. The predicted octanol–water partition coefficient (Wildman–Crippen LogP) is 1.58. The standard InChI is InChI=1S/C12H18N2O3S3/c1-9(2)6-13-12(15)10-7-18-8-14(10)20(16,17)11-4-3-5-19-11/h3-5,9-10H,6-8H2,1-2H3,(H,13,15)/t10-/m1/s1. The molecular weight excluding hydrogens is 316 g/mol. The summed E-state index contributed by atoms with van der Waals surface area (Å²) in [4.78, 5) is 12.1. The number of carbonyl (C=O) groups is 1. The zero-order valence-electron chi connectivity index (χ0n) is 11.4. The highest BCUT2D eigenvalue weighted by molar-refractivity contribution is 8.01. The summed E-state index contributed by atoms with van der Waals surface area (Å²) in [6, 6.07) is 2.67. The van der Waals surface area contributed by atoms with Crippen molar-refractivity contribution in [2.24, 2.45) is 5.92 Å². The Bertz CT molecular complexity index is 555. The minimum atomic E-state index is -3.56. The molecule has 0 saturated carbocycles. The lowest BCUT2D eigenvalue weighted by Gasteiger charge is -2.22. The molecule has 0 spiro atoms. The van der Waals surface area contributed by atoms with Gasteiger partial charge in [-0.15, -0.1) is 23.1 Å². The number of hydrogen-bond acceptors (Lipinski definition) is 5. The maximum absolute atomic E-state index is 12.5. The van der Waals surface area contributed by atoms with Gasteiger partial charge >= 0.3 is 0 Å². The summed E-state index contributed by atoms with van der Waals surface area (Å²) in [7, 11) is -3.56. The van der Waals surface area contributed by atoms with E-state index in [1.165, 1.54) is 27.4 Å². The van der Waals surface area contributed by atoms with E-state index in [1.54, 1.807) is 17.5 Å². The minimum absolute atomic E-state index is 0.205. The van der Waals surface area contributed by atoms with E-state index in [1.807, 2.05) is 13.8 Å². The monoisotopic (exact) mass is 334 g/mol. The lowest BCUT2D eigenvalue weighted by atomic mass is 10.2. The molecule has 1 aliphatic rings. The first-order valence-corrected chi connectivity index (χ1v) is 9.81. The van der Waals surface area contributed by atoms with Crippen molar-refractivity contribution >= 4 is 39.0 Å². The first kappa shape index (κ1) is 15.8. The van der Waals surface area contributed by atoms with Crippen LogP contribution in [0.25, 0.3) is 0 Å². The molecule has 2 rings (SSSR count). The fourth-order valence-electron chi connectivity index (χ4n) is 1.82. The molecule has 112 valence electrons. The molecule has 20 heavy (non-hydrogen) atoms. The summed E-state index contributed by atoms with van der Waals surface area (Å²) in [5, 5.41) is 4.54. The quantitative estimate of drug-likeness (QED) is 0.888. The third-order valence-electron chi connectivity index (χ3n) is 2.89. The predicted molar refractivity (Wildman–Crippen MR) is 82.3 cm³/mol. The number of thioether (sulfide) groups is 1. The van der Waals surface area contributed by atoms with E-state index in [4.69, 9.17) is 0 Å². The summed E-state index contributed by atoms with van der Waals surface area (Å²) in [5.74, 6) is 0.980. The zero-order valence-corrected chi connectivity index (χ0v) is 13.9. The number of thiophene rings is 1. The fraction of sp³-hybridized carbons (Fsp3) is 0.583. The van der Waals surface area contributed by atoms with Gasteiger partial charge in [0.25, 0.3) is 10.0 Å². The number of nitrogens with zero attached hydrogens (tertiary/aromatic N) is 1. The van der Waals surface area contributed by atoms with E-state index < -0.39 is 16.1 Å². The van der Waals surface area contributed by atoms with Crippen LogP contribution in [0.3, 0.4) is 0 Å². The van der Waals surface area contributed by atoms with Crippen molar-refractivity contribution in [2.45, 2.75) is 24.1 Å². The average molecular weight is 334 g/mol. The van der Waals surface area contributed by atoms with Crippen LogP contribution < -0.4 is 5.32 Å². The Hall–Kier alpha value is -0.570. The van der Waals surface area contributed by atoms with Gasteiger partial charge in [-0.2, -0.15) is 4.31 Å². The second-order valence-corrected chi connectivity index (χ2v) is 9.04. The highest BCUT2D eigenvalue weighted by Crippen LogP contribution is 2.30. The Morgan fingerprint density at radius 3 is 2.90 bits per heavy atom. The molecule has 0 bridgehead atoms. The van der Waals surface area contributed by atoms with Crippen LogP contribution in [0.1, 0.15) is 13.8 Å². The Morgan fingerprint density at radius 2 is 2.30 bits per heavy atom. The summed E-state index contributed by atoms with van der Waals surface area (Å²) >= 11 is 2.65. The molecule has 1 amide bonds. The molecule has 0 aromatic carbocycles. The molecular formula is C12H18N2O3S3. The van der Waals surface area contributed by atoms with Crippen molar-refractivity contribution in [1.29, 1.82) is 0 Å². The number of amides is 1. The van der Waals surface area contributed by atoms with Gasteiger partial charge in [-0.05, 0) is 17.4 Å². The van der Waals surface area contributed by atoms with Gasteiger partial charge in [-0.25, -0.2) is 8.42 Å². The third-order valence-corrected chi connectivity index (χ3v) is 7.29. The topological polar surface area (TPSA) is 66.5 Å². The molecule has 1 saturated heterocycles. The van der Waals surface area contributed by atoms with Gasteiger partial charge in [0.2, 0.25) is 5.91 Å². The molecule has 5 nitrogen and oxygen atoms in total. The molecule has 1 aromatic rings. The molecule has 1 atom stereocenters. The average Bonchev–Trinajstić information content (AvgIpc) is 3.06. The van der Waals surface area contributed by atoms with Crippen molar-refractivity contribution in [1.82, 2.24) is 9.62 Å². The van der Waals surface area contributed by atoms with Crippen LogP contribution >= 0.6 is 23.1 Å². The van der Waals surface area contributed by atoms with Gasteiger partial charge in [0.1, 0.15) is 10.3 Å². The highest BCUT2D eigenvalue weighted by atomic mass is 32.2. The van der Waals surface area contributed by atoms with Gasteiger partial charge in [-0.1, -0.05) is 19.9 Å². The number of rotatable bonds is 5. The van der Waals surface area contributed by atoms with Gasteiger partial charge in [0, 0.05) is 12.3 Å². The molecule has 0 aliphatic carbocycles. The minimum Gasteiger partial charge on any atom is -0.354 e. The molecule has 0 unspecified atom stereocenters. The van der Waals surface area contributed by atoms with Crippen molar-refractivity contribution < 1.29 is 13.2 Å². The lowest BCUT2D eigenvalue weighted by Crippen LogP contribution is -2.47. The third kappa shape index (κ3) is 3.36. The summed E-state index contributed by atoms with van der Waals surface area (Å²) in [6.45, 7) is 4.57. The number of sulfonamides is 1. The normalized spacial score (nSPS) is 20.4. The Labute approximate surface area is 127 Å². The van der Waals surface area contributed by atoms with E-state index in [-0.39, 0.29) is 5.91 Å². The smallest absolute Gasteiger partial charge is 0.254 e. The largest absolute Gasteiger partial charge is 0.354 e.